The summed E-state index contributed by atoms with van der Waals surface area (Å²) in [6.07, 6.45) is 1.78. The van der Waals surface area contributed by atoms with Crippen molar-refractivity contribution in [3.05, 3.63) is 10.8 Å². The molecular weight excluding hydrogens is 212 g/mol. The third-order valence-corrected chi connectivity index (χ3v) is 4.72. The first-order valence-electron chi connectivity index (χ1n) is 5.04. The second-order valence-corrected chi connectivity index (χ2v) is 5.32. The Morgan fingerprint density at radius 2 is 1.93 bits per heavy atom. The van der Waals surface area contributed by atoms with Crippen LogP contribution < -0.4 is 0 Å². The van der Waals surface area contributed by atoms with Gasteiger partial charge >= 0.3 is 5.97 Å². The predicted octanol–water partition coefficient (Wildman–Crippen LogP) is 0.890. The number of carboxylic acid groups (broad SMARTS) is 1. The first-order valence-corrected chi connectivity index (χ1v) is 6.56. The summed E-state index contributed by atoms with van der Waals surface area (Å²) in [5.41, 5.74) is 0.461. The fourth-order valence-electron chi connectivity index (χ4n) is 1.36. The van der Waals surface area contributed by atoms with E-state index in [1.807, 2.05) is 6.92 Å². The maximum atomic E-state index is 10.9. The second-order valence-electron chi connectivity index (χ2n) is 3.39. The molecule has 0 bridgehead atoms. The topological polar surface area (TPSA) is 55.8 Å². The molecule has 0 aliphatic rings. The van der Waals surface area contributed by atoms with Crippen LogP contribution in [0.25, 0.3) is 0 Å². The minimum Gasteiger partial charge on any atom is -0.478 e. The molecule has 0 fully saturated rings. The molecule has 0 aromatic carbocycles. The number of hydrogen-bond donors (Lipinski definition) is 1. The Morgan fingerprint density at radius 3 is 2.27 bits per heavy atom. The van der Waals surface area contributed by atoms with Crippen LogP contribution in [-0.2, 0) is 14.3 Å². The first-order chi connectivity index (χ1) is 7.06. The van der Waals surface area contributed by atoms with Crippen molar-refractivity contribution >= 4 is 15.5 Å². The summed E-state index contributed by atoms with van der Waals surface area (Å²) in [7, 11) is 2.36. The standard InChI is InChI=1S/C10H20O4Si/c1-5-6-8(7(2)9(11)12)15-10(13-3)14-4/h10H,5-6,15H2,1-4H3,(H,11,12). The number of carboxylic acids is 1. The SMILES string of the molecule is CCCC([SiH2]C(OC)OC)=C(C)C(=O)O. The number of hydrogen-bond acceptors (Lipinski definition) is 3. The van der Waals surface area contributed by atoms with Gasteiger partial charge in [0.15, 0.2) is 0 Å². The van der Waals surface area contributed by atoms with Crippen LogP contribution in [0.2, 0.25) is 0 Å². The number of carbonyl (C=O) groups is 1. The molecule has 0 spiro atoms. The highest BCUT2D eigenvalue weighted by molar-refractivity contribution is 6.47. The Kier molecular flexibility index (Phi) is 7.28. The van der Waals surface area contributed by atoms with E-state index >= 15 is 0 Å². The molecule has 0 rings (SSSR count). The Morgan fingerprint density at radius 1 is 1.40 bits per heavy atom. The number of aliphatic carboxylic acids is 1. The molecular formula is C10H20O4Si. The molecule has 0 saturated heterocycles. The third kappa shape index (κ3) is 5.11. The quantitative estimate of drug-likeness (QED) is 0.402. The van der Waals surface area contributed by atoms with Crippen LogP contribution >= 0.6 is 0 Å². The summed E-state index contributed by atoms with van der Waals surface area (Å²) < 4.78 is 10.2. The van der Waals surface area contributed by atoms with E-state index in [9.17, 15) is 4.79 Å². The van der Waals surface area contributed by atoms with Gasteiger partial charge in [0.2, 0.25) is 0 Å². The van der Waals surface area contributed by atoms with Crippen molar-refractivity contribution in [2.45, 2.75) is 32.6 Å². The number of allylic oxidation sites excluding steroid dienone is 1. The van der Waals surface area contributed by atoms with Crippen LogP contribution in [0.4, 0.5) is 0 Å². The lowest BCUT2D eigenvalue weighted by molar-refractivity contribution is -0.132. The molecule has 88 valence electrons. The maximum Gasteiger partial charge on any atom is 0.330 e. The van der Waals surface area contributed by atoms with Crippen LogP contribution in [0.5, 0.6) is 0 Å². The summed E-state index contributed by atoms with van der Waals surface area (Å²) in [5, 5.41) is 9.95. The Bertz CT molecular complexity index is 234. The zero-order valence-corrected chi connectivity index (χ0v) is 11.3. The average Bonchev–Trinajstić information content (AvgIpc) is 2.23. The fourth-order valence-corrected chi connectivity index (χ4v) is 3.11. The van der Waals surface area contributed by atoms with Gasteiger partial charge in [0.05, 0.1) is 0 Å². The van der Waals surface area contributed by atoms with Crippen molar-refractivity contribution in [3.63, 3.8) is 0 Å². The molecule has 0 aliphatic heterocycles. The molecule has 4 nitrogen and oxygen atoms in total. The van der Waals surface area contributed by atoms with Gasteiger partial charge in [-0.05, 0) is 13.3 Å². The molecule has 0 aliphatic carbocycles. The summed E-state index contributed by atoms with van der Waals surface area (Å²) in [4.78, 5) is 10.9. The largest absolute Gasteiger partial charge is 0.478 e. The monoisotopic (exact) mass is 232 g/mol. The van der Waals surface area contributed by atoms with E-state index in [0.717, 1.165) is 18.0 Å². The first kappa shape index (κ1) is 14.3. The molecule has 0 unspecified atom stereocenters. The molecule has 1 N–H and O–H groups in total. The molecule has 0 aromatic heterocycles. The summed E-state index contributed by atoms with van der Waals surface area (Å²) in [6.45, 7) is 3.70. The molecule has 15 heavy (non-hydrogen) atoms. The molecule has 0 radical (unpaired) electrons. The van der Waals surface area contributed by atoms with Gasteiger partial charge in [-0.3, -0.25) is 0 Å². The minimum atomic E-state index is -0.836. The number of methoxy groups -OCH3 is 2. The van der Waals surface area contributed by atoms with Crippen molar-refractivity contribution in [1.29, 1.82) is 0 Å². The minimum absolute atomic E-state index is 0.221. The molecule has 0 aromatic rings. The zero-order valence-electron chi connectivity index (χ0n) is 9.87. The van der Waals surface area contributed by atoms with Crippen molar-refractivity contribution in [3.8, 4) is 0 Å². The van der Waals surface area contributed by atoms with Crippen LogP contribution in [0.3, 0.4) is 0 Å². The molecule has 0 amide bonds. The maximum absolute atomic E-state index is 10.9. The fraction of sp³-hybridized carbons (Fsp3) is 0.700. The van der Waals surface area contributed by atoms with E-state index in [1.54, 1.807) is 21.1 Å². The Labute approximate surface area is 93.1 Å². The van der Waals surface area contributed by atoms with Gasteiger partial charge in [-0.1, -0.05) is 18.5 Å². The summed E-state index contributed by atoms with van der Waals surface area (Å²) in [6, 6.07) is 0. The van der Waals surface area contributed by atoms with Gasteiger partial charge < -0.3 is 14.6 Å². The third-order valence-electron chi connectivity index (χ3n) is 2.34. The van der Waals surface area contributed by atoms with Crippen molar-refractivity contribution in [1.82, 2.24) is 0 Å². The van der Waals surface area contributed by atoms with Gasteiger partial charge in [0, 0.05) is 19.8 Å². The summed E-state index contributed by atoms with van der Waals surface area (Å²) >= 11 is 0. The molecule has 0 heterocycles. The smallest absolute Gasteiger partial charge is 0.330 e. The van der Waals surface area contributed by atoms with Crippen molar-refractivity contribution < 1.29 is 19.4 Å². The second kappa shape index (κ2) is 7.61. The van der Waals surface area contributed by atoms with Crippen LogP contribution in [0.1, 0.15) is 26.7 Å². The summed E-state index contributed by atoms with van der Waals surface area (Å²) in [5.74, 6) is -1.06. The van der Waals surface area contributed by atoms with E-state index < -0.39 is 15.5 Å². The van der Waals surface area contributed by atoms with E-state index in [1.165, 1.54) is 0 Å². The lowest BCUT2D eigenvalue weighted by atomic mass is 10.2. The number of ether oxygens (including phenoxy) is 2. The average molecular weight is 232 g/mol. The Balaban J connectivity index is 4.66. The Hall–Kier alpha value is -0.653. The van der Waals surface area contributed by atoms with E-state index in [4.69, 9.17) is 14.6 Å². The highest BCUT2D eigenvalue weighted by atomic mass is 28.2. The van der Waals surface area contributed by atoms with E-state index in [0.29, 0.717) is 5.57 Å². The van der Waals surface area contributed by atoms with Gasteiger partial charge in [0.1, 0.15) is 15.4 Å². The number of rotatable bonds is 7. The van der Waals surface area contributed by atoms with Gasteiger partial charge in [-0.2, -0.15) is 0 Å². The predicted molar refractivity (Wildman–Crippen MR) is 61.6 cm³/mol. The lowest BCUT2D eigenvalue weighted by Crippen LogP contribution is -2.24. The van der Waals surface area contributed by atoms with Crippen LogP contribution in [0.15, 0.2) is 10.8 Å². The highest BCUT2D eigenvalue weighted by Crippen LogP contribution is 2.12. The van der Waals surface area contributed by atoms with Crippen molar-refractivity contribution in [2.24, 2.45) is 0 Å². The van der Waals surface area contributed by atoms with Crippen LogP contribution in [-0.4, -0.2) is 40.7 Å². The molecule has 0 atom stereocenters. The van der Waals surface area contributed by atoms with Crippen molar-refractivity contribution in [2.75, 3.05) is 14.2 Å². The molecule has 5 heteroatoms. The molecule has 0 saturated carbocycles. The van der Waals surface area contributed by atoms with E-state index in [2.05, 4.69) is 0 Å². The van der Waals surface area contributed by atoms with Crippen LogP contribution in [0, 0.1) is 0 Å². The van der Waals surface area contributed by atoms with Gasteiger partial charge in [-0.25, -0.2) is 4.79 Å². The van der Waals surface area contributed by atoms with Gasteiger partial charge in [0.25, 0.3) is 0 Å². The van der Waals surface area contributed by atoms with Gasteiger partial charge in [-0.15, -0.1) is 0 Å². The highest BCUT2D eigenvalue weighted by Gasteiger charge is 2.14. The normalized spacial score (nSPS) is 13.7. The lowest BCUT2D eigenvalue weighted by Gasteiger charge is -2.16. The zero-order chi connectivity index (χ0) is 11.8. The van der Waals surface area contributed by atoms with E-state index in [-0.39, 0.29) is 5.91 Å².